The predicted molar refractivity (Wildman–Crippen MR) is 64.9 cm³/mol. The van der Waals surface area contributed by atoms with Gasteiger partial charge in [0.25, 0.3) is 0 Å². The van der Waals surface area contributed by atoms with Gasteiger partial charge >= 0.3 is 0 Å². The molecule has 82 valence electrons. The molecule has 0 saturated heterocycles. The smallest absolute Gasteiger partial charge is 0.116 e. The van der Waals surface area contributed by atoms with Crippen LogP contribution in [0.1, 0.15) is 12.6 Å². The first kappa shape index (κ1) is 10.4. The second-order valence-corrected chi connectivity index (χ2v) is 3.67. The molecule has 0 amide bonds. The fraction of sp³-hybridized carbons (Fsp3) is 0.231. The van der Waals surface area contributed by atoms with Gasteiger partial charge in [-0.25, -0.2) is 0 Å². The van der Waals surface area contributed by atoms with Crippen LogP contribution in [0, 0.1) is 12.0 Å². The van der Waals surface area contributed by atoms with Gasteiger partial charge in [0.2, 0.25) is 0 Å². The number of hydrogen-bond donors (Lipinski definition) is 2. The van der Waals surface area contributed by atoms with E-state index in [-0.39, 0.29) is 0 Å². The van der Waals surface area contributed by atoms with Crippen LogP contribution in [0.15, 0.2) is 24.3 Å². The highest BCUT2D eigenvalue weighted by Gasteiger charge is 2.05. The summed E-state index contributed by atoms with van der Waals surface area (Å²) in [6.45, 7) is 2.50. The van der Waals surface area contributed by atoms with Crippen molar-refractivity contribution in [2.24, 2.45) is 7.05 Å². The number of rotatable bonds is 2. The number of aryl methyl sites for hydroxylation is 1. The number of phenolic OH excluding ortho intramolecular Hbond substituents is 1. The Morgan fingerprint density at radius 1 is 1.38 bits per heavy atom. The zero-order valence-electron chi connectivity index (χ0n) is 9.41. The lowest BCUT2D eigenvalue weighted by atomic mass is 10.2. The largest absolute Gasteiger partial charge is 0.508 e. The maximum Gasteiger partial charge on any atom is 0.116 e. The first-order valence-corrected chi connectivity index (χ1v) is 5.14. The van der Waals surface area contributed by atoms with Gasteiger partial charge in [0.05, 0.1) is 6.54 Å². The van der Waals surface area contributed by atoms with Crippen LogP contribution in [0.25, 0.3) is 10.9 Å². The summed E-state index contributed by atoms with van der Waals surface area (Å²) in [7, 11) is 2.01. The SMILES string of the molecule is CC#CNCc1cc2cc(O)ccc2n1C. The van der Waals surface area contributed by atoms with Crippen molar-refractivity contribution in [3.05, 3.63) is 30.0 Å². The van der Waals surface area contributed by atoms with Crippen molar-refractivity contribution in [2.45, 2.75) is 13.5 Å². The van der Waals surface area contributed by atoms with E-state index in [0.717, 1.165) is 16.6 Å². The highest BCUT2D eigenvalue weighted by Crippen LogP contribution is 2.22. The molecule has 0 spiro atoms. The Morgan fingerprint density at radius 3 is 2.94 bits per heavy atom. The van der Waals surface area contributed by atoms with Crippen LogP contribution in [0.2, 0.25) is 0 Å². The van der Waals surface area contributed by atoms with Crippen molar-refractivity contribution < 1.29 is 5.11 Å². The van der Waals surface area contributed by atoms with Gasteiger partial charge in [-0.05, 0) is 31.2 Å². The minimum Gasteiger partial charge on any atom is -0.508 e. The average Bonchev–Trinajstić information content (AvgIpc) is 2.56. The summed E-state index contributed by atoms with van der Waals surface area (Å²) in [4.78, 5) is 0. The number of aromatic nitrogens is 1. The van der Waals surface area contributed by atoms with Crippen LogP contribution < -0.4 is 5.32 Å². The highest BCUT2D eigenvalue weighted by atomic mass is 16.3. The zero-order valence-corrected chi connectivity index (χ0v) is 9.41. The number of aromatic hydroxyl groups is 1. The number of hydrogen-bond acceptors (Lipinski definition) is 2. The Kier molecular flexibility index (Phi) is 2.74. The highest BCUT2D eigenvalue weighted by molar-refractivity contribution is 5.82. The van der Waals surface area contributed by atoms with Crippen molar-refractivity contribution in [2.75, 3.05) is 0 Å². The molecule has 0 aliphatic rings. The van der Waals surface area contributed by atoms with Gasteiger partial charge in [0.1, 0.15) is 5.75 Å². The Morgan fingerprint density at radius 2 is 2.19 bits per heavy atom. The van der Waals surface area contributed by atoms with E-state index in [1.165, 1.54) is 0 Å². The van der Waals surface area contributed by atoms with E-state index in [1.807, 2.05) is 13.1 Å². The molecule has 1 aromatic heterocycles. The van der Waals surface area contributed by atoms with Crippen molar-refractivity contribution in [1.82, 2.24) is 9.88 Å². The predicted octanol–water partition coefficient (Wildman–Crippen LogP) is 1.95. The van der Waals surface area contributed by atoms with Crippen molar-refractivity contribution in [3.63, 3.8) is 0 Å². The zero-order chi connectivity index (χ0) is 11.5. The van der Waals surface area contributed by atoms with Gasteiger partial charge in [-0.1, -0.05) is 5.92 Å². The van der Waals surface area contributed by atoms with E-state index in [0.29, 0.717) is 12.3 Å². The second kappa shape index (κ2) is 4.19. The van der Waals surface area contributed by atoms with Gasteiger partial charge in [0.15, 0.2) is 0 Å². The number of benzene rings is 1. The standard InChI is InChI=1S/C13H14N2O/c1-3-6-14-9-11-7-10-8-12(16)4-5-13(10)15(11)2/h4-5,7-8,14,16H,9H2,1-2H3. The van der Waals surface area contributed by atoms with Crippen LogP contribution in [0.5, 0.6) is 5.75 Å². The van der Waals surface area contributed by atoms with E-state index >= 15 is 0 Å². The summed E-state index contributed by atoms with van der Waals surface area (Å²) in [5.74, 6) is 3.09. The average molecular weight is 214 g/mol. The summed E-state index contributed by atoms with van der Waals surface area (Å²) in [5.41, 5.74) is 2.25. The Hall–Kier alpha value is -2.08. The number of nitrogens with one attached hydrogen (secondary N) is 1. The maximum atomic E-state index is 9.40. The summed E-state index contributed by atoms with van der Waals surface area (Å²) in [6.07, 6.45) is 0. The molecule has 0 saturated carbocycles. The molecule has 3 heteroatoms. The fourth-order valence-electron chi connectivity index (χ4n) is 1.79. The summed E-state index contributed by atoms with van der Waals surface area (Å²) in [6, 6.07) is 10.3. The van der Waals surface area contributed by atoms with Crippen molar-refractivity contribution >= 4 is 10.9 Å². The number of phenols is 1. The van der Waals surface area contributed by atoms with Crippen molar-refractivity contribution in [3.8, 4) is 17.7 Å². The lowest BCUT2D eigenvalue weighted by Gasteiger charge is -2.02. The molecule has 1 aromatic carbocycles. The third-order valence-corrected chi connectivity index (χ3v) is 2.61. The van der Waals surface area contributed by atoms with Gasteiger partial charge in [0, 0.05) is 29.7 Å². The fourth-order valence-corrected chi connectivity index (χ4v) is 1.79. The molecule has 2 aromatic rings. The summed E-state index contributed by atoms with van der Waals surface area (Å²) in [5, 5.41) is 13.5. The molecule has 0 aliphatic carbocycles. The normalized spacial score (nSPS) is 9.88. The third kappa shape index (κ3) is 1.82. The van der Waals surface area contributed by atoms with E-state index < -0.39 is 0 Å². The Labute approximate surface area is 94.7 Å². The molecule has 2 rings (SSSR count). The molecule has 16 heavy (non-hydrogen) atoms. The van der Waals surface area contributed by atoms with Crippen LogP contribution >= 0.6 is 0 Å². The summed E-state index contributed by atoms with van der Waals surface area (Å²) < 4.78 is 2.10. The van der Waals surface area contributed by atoms with Crippen LogP contribution in [-0.4, -0.2) is 9.67 Å². The van der Waals surface area contributed by atoms with Crippen LogP contribution in [0.4, 0.5) is 0 Å². The first-order chi connectivity index (χ1) is 7.72. The molecule has 0 unspecified atom stereocenters. The second-order valence-electron chi connectivity index (χ2n) is 3.67. The van der Waals surface area contributed by atoms with Gasteiger partial charge < -0.3 is 15.0 Å². The van der Waals surface area contributed by atoms with Crippen molar-refractivity contribution in [1.29, 1.82) is 0 Å². The van der Waals surface area contributed by atoms with Gasteiger partial charge in [-0.15, -0.1) is 0 Å². The lowest BCUT2D eigenvalue weighted by Crippen LogP contribution is -2.08. The monoisotopic (exact) mass is 214 g/mol. The Balaban J connectivity index is 2.38. The molecular weight excluding hydrogens is 200 g/mol. The van der Waals surface area contributed by atoms with E-state index in [2.05, 4.69) is 27.9 Å². The third-order valence-electron chi connectivity index (χ3n) is 2.61. The summed E-state index contributed by atoms with van der Waals surface area (Å²) >= 11 is 0. The minimum atomic E-state index is 0.297. The Bertz CT molecular complexity index is 573. The molecular formula is C13H14N2O. The van der Waals surface area contributed by atoms with E-state index in [1.54, 1.807) is 19.1 Å². The molecule has 3 nitrogen and oxygen atoms in total. The first-order valence-electron chi connectivity index (χ1n) is 5.14. The molecule has 2 N–H and O–H groups in total. The van der Waals surface area contributed by atoms with Gasteiger partial charge in [-0.2, -0.15) is 0 Å². The lowest BCUT2D eigenvalue weighted by molar-refractivity contribution is 0.476. The molecule has 1 heterocycles. The minimum absolute atomic E-state index is 0.297. The molecule has 0 aliphatic heterocycles. The molecule has 0 atom stereocenters. The maximum absolute atomic E-state index is 9.40. The van der Waals surface area contributed by atoms with Crippen LogP contribution in [0.3, 0.4) is 0 Å². The topological polar surface area (TPSA) is 37.2 Å². The van der Waals surface area contributed by atoms with E-state index in [9.17, 15) is 5.11 Å². The quantitative estimate of drug-likeness (QED) is 0.592. The van der Waals surface area contributed by atoms with E-state index in [4.69, 9.17) is 0 Å². The van der Waals surface area contributed by atoms with Crippen LogP contribution in [-0.2, 0) is 13.6 Å². The molecule has 0 fully saturated rings. The number of fused-ring (bicyclic) bond motifs is 1. The molecule has 0 bridgehead atoms. The molecule has 0 radical (unpaired) electrons. The number of nitrogens with zero attached hydrogens (tertiary/aromatic N) is 1. The van der Waals surface area contributed by atoms with Gasteiger partial charge in [-0.3, -0.25) is 0 Å².